The Bertz CT molecular complexity index is 521. The third kappa shape index (κ3) is 1.74. The second-order valence-electron chi connectivity index (χ2n) is 4.89. The first-order valence-electron chi connectivity index (χ1n) is 6.02. The van der Waals surface area contributed by atoms with Gasteiger partial charge in [-0.05, 0) is 43.5 Å². The standard InChI is InChI=1S/C14H18N2/c1-10-7-12-8-11(9-15-13-4-5-13)3-6-14(12)16(10)2/h3,6-8,13,15H,4-5,9H2,1-2H3. The lowest BCUT2D eigenvalue weighted by atomic mass is 10.1. The van der Waals surface area contributed by atoms with E-state index in [4.69, 9.17) is 0 Å². The molecule has 84 valence electrons. The Morgan fingerprint density at radius 3 is 2.88 bits per heavy atom. The molecule has 1 N–H and O–H groups in total. The number of hydrogen-bond donors (Lipinski definition) is 1. The van der Waals surface area contributed by atoms with Crippen LogP contribution in [0, 0.1) is 6.92 Å². The van der Waals surface area contributed by atoms with Crippen molar-refractivity contribution in [1.82, 2.24) is 9.88 Å². The second-order valence-corrected chi connectivity index (χ2v) is 4.89. The summed E-state index contributed by atoms with van der Waals surface area (Å²) in [5.41, 5.74) is 4.04. The van der Waals surface area contributed by atoms with Crippen molar-refractivity contribution in [3.05, 3.63) is 35.5 Å². The minimum absolute atomic E-state index is 0.785. The summed E-state index contributed by atoms with van der Waals surface area (Å²) in [4.78, 5) is 0. The van der Waals surface area contributed by atoms with Crippen molar-refractivity contribution in [1.29, 1.82) is 0 Å². The van der Waals surface area contributed by atoms with Crippen LogP contribution in [0.4, 0.5) is 0 Å². The molecule has 1 aromatic heterocycles. The number of aromatic nitrogens is 1. The number of rotatable bonds is 3. The van der Waals surface area contributed by atoms with Crippen LogP contribution in [0.2, 0.25) is 0 Å². The minimum atomic E-state index is 0.785. The third-order valence-corrected chi connectivity index (χ3v) is 3.52. The van der Waals surface area contributed by atoms with Crippen LogP contribution < -0.4 is 5.32 Å². The monoisotopic (exact) mass is 214 g/mol. The molecule has 1 heterocycles. The molecule has 2 nitrogen and oxygen atoms in total. The van der Waals surface area contributed by atoms with Gasteiger partial charge in [-0.3, -0.25) is 0 Å². The van der Waals surface area contributed by atoms with Crippen LogP contribution in [0.5, 0.6) is 0 Å². The molecule has 1 aliphatic carbocycles. The number of nitrogens with one attached hydrogen (secondary N) is 1. The number of hydrogen-bond acceptors (Lipinski definition) is 1. The van der Waals surface area contributed by atoms with Crippen molar-refractivity contribution in [2.75, 3.05) is 0 Å². The van der Waals surface area contributed by atoms with Gasteiger partial charge in [0, 0.05) is 36.2 Å². The summed E-state index contributed by atoms with van der Waals surface area (Å²) in [7, 11) is 2.12. The van der Waals surface area contributed by atoms with E-state index in [1.807, 2.05) is 0 Å². The molecule has 3 rings (SSSR count). The normalized spacial score (nSPS) is 15.9. The van der Waals surface area contributed by atoms with Gasteiger partial charge in [0.25, 0.3) is 0 Å². The Balaban J connectivity index is 1.89. The van der Waals surface area contributed by atoms with Gasteiger partial charge in [-0.1, -0.05) is 6.07 Å². The van der Waals surface area contributed by atoms with Crippen molar-refractivity contribution in [3.63, 3.8) is 0 Å². The van der Waals surface area contributed by atoms with E-state index in [0.29, 0.717) is 0 Å². The lowest BCUT2D eigenvalue weighted by Crippen LogP contribution is -2.15. The molecular weight excluding hydrogens is 196 g/mol. The van der Waals surface area contributed by atoms with Gasteiger partial charge < -0.3 is 9.88 Å². The van der Waals surface area contributed by atoms with E-state index in [1.54, 1.807) is 0 Å². The topological polar surface area (TPSA) is 17.0 Å². The van der Waals surface area contributed by atoms with Gasteiger partial charge in [-0.15, -0.1) is 0 Å². The van der Waals surface area contributed by atoms with Crippen molar-refractivity contribution in [3.8, 4) is 0 Å². The highest BCUT2D eigenvalue weighted by Gasteiger charge is 2.19. The fourth-order valence-corrected chi connectivity index (χ4v) is 2.20. The van der Waals surface area contributed by atoms with Gasteiger partial charge in [-0.25, -0.2) is 0 Å². The molecule has 1 fully saturated rings. The van der Waals surface area contributed by atoms with Crippen molar-refractivity contribution in [2.24, 2.45) is 7.05 Å². The Hall–Kier alpha value is -1.28. The lowest BCUT2D eigenvalue weighted by Gasteiger charge is -2.04. The van der Waals surface area contributed by atoms with E-state index in [2.05, 4.69) is 48.1 Å². The van der Waals surface area contributed by atoms with E-state index in [0.717, 1.165) is 12.6 Å². The van der Waals surface area contributed by atoms with Crippen LogP contribution >= 0.6 is 0 Å². The van der Waals surface area contributed by atoms with Gasteiger partial charge in [0.2, 0.25) is 0 Å². The highest BCUT2D eigenvalue weighted by molar-refractivity contribution is 5.81. The third-order valence-electron chi connectivity index (χ3n) is 3.52. The molecule has 1 aromatic carbocycles. The van der Waals surface area contributed by atoms with Crippen molar-refractivity contribution >= 4 is 10.9 Å². The molecule has 0 atom stereocenters. The summed E-state index contributed by atoms with van der Waals surface area (Å²) >= 11 is 0. The van der Waals surface area contributed by atoms with E-state index in [1.165, 1.54) is 35.0 Å². The molecule has 0 saturated heterocycles. The molecule has 16 heavy (non-hydrogen) atoms. The van der Waals surface area contributed by atoms with E-state index < -0.39 is 0 Å². The zero-order valence-electron chi connectivity index (χ0n) is 9.96. The smallest absolute Gasteiger partial charge is 0.0479 e. The van der Waals surface area contributed by atoms with Crippen LogP contribution in [0.25, 0.3) is 10.9 Å². The number of aryl methyl sites for hydroxylation is 2. The molecule has 2 aromatic rings. The summed E-state index contributed by atoms with van der Waals surface area (Å²) in [6.45, 7) is 3.16. The second kappa shape index (κ2) is 3.63. The first kappa shape index (κ1) is 9.91. The Morgan fingerprint density at radius 1 is 1.31 bits per heavy atom. The van der Waals surface area contributed by atoms with Crippen LogP contribution in [0.15, 0.2) is 24.3 Å². The van der Waals surface area contributed by atoms with Gasteiger partial charge in [0.05, 0.1) is 0 Å². The minimum Gasteiger partial charge on any atom is -0.348 e. The zero-order valence-corrected chi connectivity index (χ0v) is 9.96. The summed E-state index contributed by atoms with van der Waals surface area (Å²) in [5, 5.41) is 4.91. The Morgan fingerprint density at radius 2 is 2.12 bits per heavy atom. The highest BCUT2D eigenvalue weighted by Crippen LogP contribution is 2.22. The van der Waals surface area contributed by atoms with Gasteiger partial charge in [0.1, 0.15) is 0 Å². The summed E-state index contributed by atoms with van der Waals surface area (Å²) < 4.78 is 2.24. The molecule has 2 heteroatoms. The van der Waals surface area contributed by atoms with Gasteiger partial charge in [0.15, 0.2) is 0 Å². The molecule has 0 unspecified atom stereocenters. The maximum Gasteiger partial charge on any atom is 0.0479 e. The maximum absolute atomic E-state index is 3.55. The average molecular weight is 214 g/mol. The first-order valence-corrected chi connectivity index (χ1v) is 6.02. The van der Waals surface area contributed by atoms with Gasteiger partial charge >= 0.3 is 0 Å². The molecule has 1 saturated carbocycles. The number of benzene rings is 1. The SMILES string of the molecule is Cc1cc2cc(CNC3CC3)ccc2n1C. The zero-order chi connectivity index (χ0) is 11.1. The summed E-state index contributed by atoms with van der Waals surface area (Å²) in [6.07, 6.45) is 2.71. The Labute approximate surface area is 96.3 Å². The quantitative estimate of drug-likeness (QED) is 0.831. The van der Waals surface area contributed by atoms with Crippen molar-refractivity contribution < 1.29 is 0 Å². The van der Waals surface area contributed by atoms with Crippen LogP contribution in [0.1, 0.15) is 24.1 Å². The Kier molecular flexibility index (Phi) is 2.25. The van der Waals surface area contributed by atoms with Gasteiger partial charge in [-0.2, -0.15) is 0 Å². The summed E-state index contributed by atoms with van der Waals surface area (Å²) in [5.74, 6) is 0. The van der Waals surface area contributed by atoms with Crippen LogP contribution in [-0.4, -0.2) is 10.6 Å². The molecule has 0 aliphatic heterocycles. The fraction of sp³-hybridized carbons (Fsp3) is 0.429. The first-order chi connectivity index (χ1) is 7.74. The highest BCUT2D eigenvalue weighted by atomic mass is 14.9. The molecule has 0 amide bonds. The summed E-state index contributed by atoms with van der Waals surface area (Å²) in [6, 6.07) is 9.81. The van der Waals surface area contributed by atoms with Crippen molar-refractivity contribution in [2.45, 2.75) is 32.4 Å². The molecule has 0 bridgehead atoms. The number of fused-ring (bicyclic) bond motifs is 1. The predicted molar refractivity (Wildman–Crippen MR) is 67.5 cm³/mol. The van der Waals surface area contributed by atoms with E-state index >= 15 is 0 Å². The molecule has 0 spiro atoms. The van der Waals surface area contributed by atoms with Crippen LogP contribution in [0.3, 0.4) is 0 Å². The number of nitrogens with zero attached hydrogens (tertiary/aromatic N) is 1. The lowest BCUT2D eigenvalue weighted by molar-refractivity contribution is 0.688. The fourth-order valence-electron chi connectivity index (χ4n) is 2.20. The van der Waals surface area contributed by atoms with E-state index in [9.17, 15) is 0 Å². The molecule has 0 radical (unpaired) electrons. The average Bonchev–Trinajstić information content (AvgIpc) is 3.05. The molecular formula is C14H18N2. The van der Waals surface area contributed by atoms with Crippen LogP contribution in [-0.2, 0) is 13.6 Å². The largest absolute Gasteiger partial charge is 0.348 e. The predicted octanol–water partition coefficient (Wildman–Crippen LogP) is 2.74. The molecule has 1 aliphatic rings. The maximum atomic E-state index is 3.55. The van der Waals surface area contributed by atoms with E-state index in [-0.39, 0.29) is 0 Å².